The summed E-state index contributed by atoms with van der Waals surface area (Å²) in [7, 11) is 0. The lowest BCUT2D eigenvalue weighted by molar-refractivity contribution is 0.481. The van der Waals surface area contributed by atoms with Gasteiger partial charge in [-0.15, -0.1) is 24.0 Å². The first-order chi connectivity index (χ1) is 6.22. The van der Waals surface area contributed by atoms with Crippen LogP contribution in [0, 0.1) is 11.3 Å². The lowest BCUT2D eigenvalue weighted by Crippen LogP contribution is -1.72. The van der Waals surface area contributed by atoms with E-state index < -0.39 is 0 Å². The Morgan fingerprint density at radius 3 is 2.92 bits per heavy atom. The lowest BCUT2D eigenvalue weighted by Gasteiger charge is -1.96. The molecule has 0 amide bonds. The van der Waals surface area contributed by atoms with Crippen LogP contribution in [0.25, 0.3) is 10.1 Å². The van der Waals surface area contributed by atoms with Gasteiger partial charge in [0.05, 0.1) is 10.3 Å². The zero-order valence-corrected chi connectivity index (χ0v) is 8.19. The van der Waals surface area contributed by atoms with Crippen LogP contribution in [0.3, 0.4) is 0 Å². The van der Waals surface area contributed by atoms with E-state index in [4.69, 9.17) is 5.26 Å². The maximum absolute atomic E-state index is 9.51. The predicted molar refractivity (Wildman–Crippen MR) is 55.5 cm³/mol. The number of nitriles is 1. The Hall–Kier alpha value is -1.18. The van der Waals surface area contributed by atoms with Gasteiger partial charge < -0.3 is 5.11 Å². The summed E-state index contributed by atoms with van der Waals surface area (Å²) in [4.78, 5) is 0.667. The molecule has 0 saturated heterocycles. The van der Waals surface area contributed by atoms with Crippen molar-refractivity contribution in [2.75, 3.05) is 0 Å². The van der Waals surface area contributed by atoms with Crippen molar-refractivity contribution in [3.8, 4) is 11.8 Å². The van der Waals surface area contributed by atoms with Crippen molar-refractivity contribution < 1.29 is 5.11 Å². The number of hydrogen-bond acceptors (Lipinski definition) is 4. The molecule has 0 aliphatic rings. The summed E-state index contributed by atoms with van der Waals surface area (Å²) in [6.45, 7) is 0. The quantitative estimate of drug-likeness (QED) is 0.652. The van der Waals surface area contributed by atoms with Gasteiger partial charge in [0.1, 0.15) is 11.8 Å². The molecule has 13 heavy (non-hydrogen) atoms. The Kier molecular flexibility index (Phi) is 1.91. The smallest absolute Gasteiger partial charge is 0.134 e. The third kappa shape index (κ3) is 1.26. The molecule has 4 heteroatoms. The number of fused-ring (bicyclic) bond motifs is 1. The Bertz CT molecular complexity index is 510. The van der Waals surface area contributed by atoms with Crippen molar-refractivity contribution in [1.82, 2.24) is 0 Å². The fourth-order valence-electron chi connectivity index (χ4n) is 1.19. The van der Waals surface area contributed by atoms with Gasteiger partial charge in [0.25, 0.3) is 0 Å². The Balaban J connectivity index is 2.92. The third-order valence-electron chi connectivity index (χ3n) is 1.76. The van der Waals surface area contributed by atoms with E-state index in [0.717, 1.165) is 10.1 Å². The number of benzene rings is 1. The number of aromatic hydroxyl groups is 1. The van der Waals surface area contributed by atoms with Gasteiger partial charge in [-0.1, -0.05) is 0 Å². The van der Waals surface area contributed by atoms with Crippen LogP contribution in [-0.4, -0.2) is 5.11 Å². The van der Waals surface area contributed by atoms with Crippen LogP contribution in [0.15, 0.2) is 22.4 Å². The fourth-order valence-corrected chi connectivity index (χ4v) is 2.33. The van der Waals surface area contributed by atoms with Crippen molar-refractivity contribution in [3.63, 3.8) is 0 Å². The molecule has 64 valence electrons. The largest absolute Gasteiger partial charge is 0.506 e. The van der Waals surface area contributed by atoms with E-state index in [2.05, 4.69) is 18.7 Å². The van der Waals surface area contributed by atoms with Gasteiger partial charge in [-0.05, 0) is 12.1 Å². The highest BCUT2D eigenvalue weighted by Gasteiger charge is 2.07. The first-order valence-electron chi connectivity index (χ1n) is 3.55. The molecule has 0 atom stereocenters. The molecule has 0 radical (unpaired) electrons. The number of rotatable bonds is 0. The van der Waals surface area contributed by atoms with Gasteiger partial charge >= 0.3 is 0 Å². The molecule has 2 aromatic rings. The molecule has 2 rings (SSSR count). The van der Waals surface area contributed by atoms with E-state index >= 15 is 0 Å². The minimum Gasteiger partial charge on any atom is -0.506 e. The summed E-state index contributed by atoms with van der Waals surface area (Å²) in [6.07, 6.45) is 0. The molecule has 0 fully saturated rings. The number of hydrogen-bond donors (Lipinski definition) is 2. The molecule has 0 bridgehead atoms. The molecule has 0 saturated carbocycles. The SMILES string of the molecule is N#Cc1csc2c(O)cc(S)cc12. The molecule has 1 N–H and O–H groups in total. The Morgan fingerprint density at radius 2 is 2.23 bits per heavy atom. The van der Waals surface area contributed by atoms with E-state index in [1.807, 2.05) is 0 Å². The van der Waals surface area contributed by atoms with Crippen LogP contribution < -0.4 is 0 Å². The fraction of sp³-hybridized carbons (Fsp3) is 0. The lowest BCUT2D eigenvalue weighted by atomic mass is 10.2. The Labute approximate surface area is 84.5 Å². The van der Waals surface area contributed by atoms with Gasteiger partial charge in [-0.3, -0.25) is 0 Å². The predicted octanol–water partition coefficient (Wildman–Crippen LogP) is 2.77. The monoisotopic (exact) mass is 207 g/mol. The van der Waals surface area contributed by atoms with Crippen LogP contribution in [0.4, 0.5) is 0 Å². The van der Waals surface area contributed by atoms with Crippen LogP contribution >= 0.6 is 24.0 Å². The molecule has 0 aliphatic heterocycles. The number of thiol groups is 1. The molecule has 2 nitrogen and oxygen atoms in total. The minimum atomic E-state index is 0.189. The van der Waals surface area contributed by atoms with Crippen molar-refractivity contribution >= 4 is 34.1 Å². The molecule has 1 heterocycles. The third-order valence-corrected chi connectivity index (χ3v) is 3.04. The summed E-state index contributed by atoms with van der Waals surface area (Å²) >= 11 is 5.49. The van der Waals surface area contributed by atoms with Crippen molar-refractivity contribution in [3.05, 3.63) is 23.1 Å². The zero-order chi connectivity index (χ0) is 9.42. The van der Waals surface area contributed by atoms with E-state index in [1.165, 1.54) is 11.3 Å². The summed E-state index contributed by atoms with van der Waals surface area (Å²) in [5.74, 6) is 0.189. The molecule has 0 aliphatic carbocycles. The number of nitrogens with zero attached hydrogens (tertiary/aromatic N) is 1. The summed E-state index contributed by atoms with van der Waals surface area (Å²) in [5, 5.41) is 20.8. The average Bonchev–Trinajstić information content (AvgIpc) is 2.47. The maximum atomic E-state index is 9.51. The van der Waals surface area contributed by atoms with Crippen molar-refractivity contribution in [2.45, 2.75) is 4.90 Å². The van der Waals surface area contributed by atoms with Crippen molar-refractivity contribution in [1.29, 1.82) is 5.26 Å². The maximum Gasteiger partial charge on any atom is 0.134 e. The van der Waals surface area contributed by atoms with E-state index in [9.17, 15) is 5.11 Å². The average molecular weight is 207 g/mol. The Morgan fingerprint density at radius 1 is 1.46 bits per heavy atom. The van der Waals surface area contributed by atoms with Gasteiger partial charge in [0.15, 0.2) is 0 Å². The van der Waals surface area contributed by atoms with Crippen molar-refractivity contribution in [2.24, 2.45) is 0 Å². The van der Waals surface area contributed by atoms with E-state index in [0.29, 0.717) is 10.5 Å². The van der Waals surface area contributed by atoms with Gasteiger partial charge in [-0.25, -0.2) is 0 Å². The molecule has 0 unspecified atom stereocenters. The summed E-state index contributed by atoms with van der Waals surface area (Å²) in [6, 6.07) is 5.43. The van der Waals surface area contributed by atoms with Crippen LogP contribution in [-0.2, 0) is 0 Å². The van der Waals surface area contributed by atoms with E-state index in [1.54, 1.807) is 17.5 Å². The first kappa shape index (κ1) is 8.42. The number of phenolic OH excluding ortho intramolecular Hbond substituents is 1. The molecular weight excluding hydrogens is 202 g/mol. The normalized spacial score (nSPS) is 10.2. The first-order valence-corrected chi connectivity index (χ1v) is 4.88. The van der Waals surface area contributed by atoms with Gasteiger partial charge in [0.2, 0.25) is 0 Å². The summed E-state index contributed by atoms with van der Waals surface area (Å²) < 4.78 is 0.745. The van der Waals surface area contributed by atoms with Gasteiger partial charge in [-0.2, -0.15) is 5.26 Å². The topological polar surface area (TPSA) is 44.0 Å². The highest BCUT2D eigenvalue weighted by molar-refractivity contribution is 7.80. The number of phenols is 1. The van der Waals surface area contributed by atoms with Crippen LogP contribution in [0.1, 0.15) is 5.56 Å². The molecule has 1 aromatic heterocycles. The second-order valence-corrected chi connectivity index (χ2v) is 4.00. The van der Waals surface area contributed by atoms with Crippen LogP contribution in [0.5, 0.6) is 5.75 Å². The highest BCUT2D eigenvalue weighted by atomic mass is 32.1. The summed E-state index contributed by atoms with van der Waals surface area (Å²) in [5.41, 5.74) is 0.589. The van der Waals surface area contributed by atoms with Gasteiger partial charge in [0, 0.05) is 15.7 Å². The second-order valence-electron chi connectivity index (χ2n) is 2.60. The zero-order valence-electron chi connectivity index (χ0n) is 6.48. The standard InChI is InChI=1S/C9H5NOS2/c10-3-5-4-13-9-7(5)1-6(12)2-8(9)11/h1-2,4,11-12H. The number of thiophene rings is 1. The second kappa shape index (κ2) is 2.95. The molecule has 0 spiro atoms. The van der Waals surface area contributed by atoms with Crippen LogP contribution in [0.2, 0.25) is 0 Å². The van der Waals surface area contributed by atoms with E-state index in [-0.39, 0.29) is 5.75 Å². The highest BCUT2D eigenvalue weighted by Crippen LogP contribution is 2.34. The molecule has 1 aromatic carbocycles. The molecular formula is C9H5NOS2. The minimum absolute atomic E-state index is 0.189.